The lowest BCUT2D eigenvalue weighted by Gasteiger charge is -2.32. The van der Waals surface area contributed by atoms with Gasteiger partial charge >= 0.3 is 0 Å². The summed E-state index contributed by atoms with van der Waals surface area (Å²) in [6.07, 6.45) is 3.70. The molecule has 0 aliphatic carbocycles. The number of aryl methyl sites for hydroxylation is 2. The van der Waals surface area contributed by atoms with Crippen LogP contribution < -0.4 is 5.32 Å². The maximum Gasteiger partial charge on any atom is 0.238 e. The summed E-state index contributed by atoms with van der Waals surface area (Å²) in [7, 11) is 0. The molecule has 1 aromatic rings. The van der Waals surface area contributed by atoms with Gasteiger partial charge in [0.1, 0.15) is 0 Å². The molecule has 1 fully saturated rings. The first-order valence-corrected chi connectivity index (χ1v) is 7.17. The van der Waals surface area contributed by atoms with E-state index in [2.05, 4.69) is 37.1 Å². The molecule has 1 aliphatic rings. The maximum absolute atomic E-state index is 12.1. The van der Waals surface area contributed by atoms with Gasteiger partial charge in [-0.1, -0.05) is 12.5 Å². The van der Waals surface area contributed by atoms with Crippen molar-refractivity contribution in [1.29, 1.82) is 0 Å². The fraction of sp³-hybridized carbons (Fsp3) is 0.562. The highest BCUT2D eigenvalue weighted by Gasteiger charge is 2.20. The van der Waals surface area contributed by atoms with E-state index in [1.54, 1.807) is 0 Å². The fourth-order valence-electron chi connectivity index (χ4n) is 2.60. The summed E-state index contributed by atoms with van der Waals surface area (Å²) in [5.41, 5.74) is 3.37. The molecule has 1 aromatic carbocycles. The van der Waals surface area contributed by atoms with E-state index in [4.69, 9.17) is 0 Å². The quantitative estimate of drug-likeness (QED) is 0.905. The second-order valence-corrected chi connectivity index (χ2v) is 5.66. The van der Waals surface area contributed by atoms with Gasteiger partial charge in [0.05, 0.1) is 6.54 Å². The summed E-state index contributed by atoms with van der Waals surface area (Å²) in [5, 5.41) is 3.00. The van der Waals surface area contributed by atoms with Crippen LogP contribution >= 0.6 is 0 Å². The molecular formula is C16H24N2O. The van der Waals surface area contributed by atoms with Crippen molar-refractivity contribution in [2.75, 3.05) is 18.4 Å². The van der Waals surface area contributed by atoms with Crippen molar-refractivity contribution in [1.82, 2.24) is 4.90 Å². The van der Waals surface area contributed by atoms with E-state index < -0.39 is 0 Å². The summed E-state index contributed by atoms with van der Waals surface area (Å²) >= 11 is 0. The van der Waals surface area contributed by atoms with Crippen molar-refractivity contribution < 1.29 is 4.79 Å². The Morgan fingerprint density at radius 1 is 1.32 bits per heavy atom. The van der Waals surface area contributed by atoms with Gasteiger partial charge < -0.3 is 5.32 Å². The normalized spacial score (nSPS) is 20.3. The van der Waals surface area contributed by atoms with Gasteiger partial charge in [-0.2, -0.15) is 0 Å². The molecule has 1 N–H and O–H groups in total. The van der Waals surface area contributed by atoms with Crippen molar-refractivity contribution in [2.45, 2.75) is 46.1 Å². The van der Waals surface area contributed by atoms with Crippen LogP contribution in [0.1, 0.15) is 37.3 Å². The van der Waals surface area contributed by atoms with Gasteiger partial charge in [0.2, 0.25) is 5.91 Å². The monoisotopic (exact) mass is 260 g/mol. The number of nitrogens with zero attached hydrogens (tertiary/aromatic N) is 1. The Bertz CT molecular complexity index is 456. The molecule has 0 radical (unpaired) electrons. The maximum atomic E-state index is 12.1. The van der Waals surface area contributed by atoms with Crippen LogP contribution in [0, 0.1) is 13.8 Å². The third-order valence-electron chi connectivity index (χ3n) is 4.08. The smallest absolute Gasteiger partial charge is 0.238 e. The first kappa shape index (κ1) is 14.1. The SMILES string of the molecule is Cc1ccc(NC(=O)CN2CCCC[C@H]2C)cc1C. The van der Waals surface area contributed by atoms with Crippen LogP contribution in [0.5, 0.6) is 0 Å². The lowest BCUT2D eigenvalue weighted by Crippen LogP contribution is -2.42. The van der Waals surface area contributed by atoms with Gasteiger partial charge in [0, 0.05) is 11.7 Å². The molecule has 0 saturated carbocycles. The summed E-state index contributed by atoms with van der Waals surface area (Å²) in [4.78, 5) is 14.3. The van der Waals surface area contributed by atoms with Crippen molar-refractivity contribution in [2.24, 2.45) is 0 Å². The van der Waals surface area contributed by atoms with E-state index in [-0.39, 0.29) is 5.91 Å². The largest absolute Gasteiger partial charge is 0.325 e. The van der Waals surface area contributed by atoms with Crippen LogP contribution in [0.25, 0.3) is 0 Å². The third-order valence-corrected chi connectivity index (χ3v) is 4.08. The summed E-state index contributed by atoms with van der Waals surface area (Å²) in [6, 6.07) is 6.58. The Morgan fingerprint density at radius 3 is 2.79 bits per heavy atom. The zero-order valence-corrected chi connectivity index (χ0v) is 12.2. The highest BCUT2D eigenvalue weighted by Crippen LogP contribution is 2.17. The van der Waals surface area contributed by atoms with E-state index in [0.717, 1.165) is 12.2 Å². The average molecular weight is 260 g/mol. The number of benzene rings is 1. The molecule has 1 amide bonds. The van der Waals surface area contributed by atoms with Crippen LogP contribution in [-0.4, -0.2) is 29.9 Å². The number of hydrogen-bond acceptors (Lipinski definition) is 2. The van der Waals surface area contributed by atoms with E-state index in [1.165, 1.54) is 30.4 Å². The molecule has 104 valence electrons. The van der Waals surface area contributed by atoms with Crippen molar-refractivity contribution in [3.05, 3.63) is 29.3 Å². The molecule has 1 saturated heterocycles. The van der Waals surface area contributed by atoms with E-state index in [1.807, 2.05) is 12.1 Å². The number of amides is 1. The van der Waals surface area contributed by atoms with Crippen LogP contribution in [-0.2, 0) is 4.79 Å². The number of carbonyl (C=O) groups excluding carboxylic acids is 1. The molecule has 0 aromatic heterocycles. The molecule has 1 aliphatic heterocycles. The first-order chi connectivity index (χ1) is 9.06. The zero-order chi connectivity index (χ0) is 13.8. The first-order valence-electron chi connectivity index (χ1n) is 7.17. The Kier molecular flexibility index (Phi) is 4.59. The number of piperidine rings is 1. The molecule has 0 unspecified atom stereocenters. The van der Waals surface area contributed by atoms with Gasteiger partial charge in [-0.25, -0.2) is 0 Å². The summed E-state index contributed by atoms with van der Waals surface area (Å²) in [5.74, 6) is 0.0944. The predicted octanol–water partition coefficient (Wildman–Crippen LogP) is 3.12. The molecule has 2 rings (SSSR count). The van der Waals surface area contributed by atoms with Gasteiger partial charge in [0.15, 0.2) is 0 Å². The molecule has 19 heavy (non-hydrogen) atoms. The Hall–Kier alpha value is -1.35. The second kappa shape index (κ2) is 6.20. The summed E-state index contributed by atoms with van der Waals surface area (Å²) in [6.45, 7) is 7.91. The van der Waals surface area contributed by atoms with E-state index in [0.29, 0.717) is 12.6 Å². The lowest BCUT2D eigenvalue weighted by molar-refractivity contribution is -0.118. The fourth-order valence-corrected chi connectivity index (χ4v) is 2.60. The molecule has 3 heteroatoms. The minimum atomic E-state index is 0.0944. The van der Waals surface area contributed by atoms with E-state index >= 15 is 0 Å². The minimum absolute atomic E-state index is 0.0944. The Labute approximate surface area is 116 Å². The second-order valence-electron chi connectivity index (χ2n) is 5.66. The molecular weight excluding hydrogens is 236 g/mol. The van der Waals surface area contributed by atoms with Crippen LogP contribution in [0.15, 0.2) is 18.2 Å². The van der Waals surface area contributed by atoms with Crippen LogP contribution in [0.3, 0.4) is 0 Å². The standard InChI is InChI=1S/C16H24N2O/c1-12-7-8-15(10-13(12)2)17-16(19)11-18-9-5-4-6-14(18)3/h7-8,10,14H,4-6,9,11H2,1-3H3,(H,17,19)/t14-/m1/s1. The Balaban J connectivity index is 1.91. The van der Waals surface area contributed by atoms with Crippen LogP contribution in [0.4, 0.5) is 5.69 Å². The topological polar surface area (TPSA) is 32.3 Å². The van der Waals surface area contributed by atoms with Gasteiger partial charge in [-0.3, -0.25) is 9.69 Å². The van der Waals surface area contributed by atoms with Crippen molar-refractivity contribution >= 4 is 11.6 Å². The number of anilines is 1. The minimum Gasteiger partial charge on any atom is -0.325 e. The van der Waals surface area contributed by atoms with Gasteiger partial charge in [0.25, 0.3) is 0 Å². The highest BCUT2D eigenvalue weighted by atomic mass is 16.2. The molecule has 3 nitrogen and oxygen atoms in total. The number of nitrogens with one attached hydrogen (secondary N) is 1. The average Bonchev–Trinajstić information content (AvgIpc) is 2.37. The molecule has 0 bridgehead atoms. The molecule has 0 spiro atoms. The summed E-state index contributed by atoms with van der Waals surface area (Å²) < 4.78 is 0. The van der Waals surface area contributed by atoms with Gasteiger partial charge in [-0.15, -0.1) is 0 Å². The lowest BCUT2D eigenvalue weighted by atomic mass is 10.0. The molecule has 1 atom stereocenters. The molecule has 1 heterocycles. The van der Waals surface area contributed by atoms with Crippen molar-refractivity contribution in [3.63, 3.8) is 0 Å². The third kappa shape index (κ3) is 3.80. The predicted molar refractivity (Wildman–Crippen MR) is 79.4 cm³/mol. The number of hydrogen-bond donors (Lipinski definition) is 1. The van der Waals surface area contributed by atoms with E-state index in [9.17, 15) is 4.79 Å². The number of rotatable bonds is 3. The van der Waals surface area contributed by atoms with Gasteiger partial charge in [-0.05, 0) is 63.4 Å². The zero-order valence-electron chi connectivity index (χ0n) is 12.2. The van der Waals surface area contributed by atoms with Crippen LogP contribution in [0.2, 0.25) is 0 Å². The highest BCUT2D eigenvalue weighted by molar-refractivity contribution is 5.92. The Morgan fingerprint density at radius 2 is 2.11 bits per heavy atom. The number of likely N-dealkylation sites (tertiary alicyclic amines) is 1. The van der Waals surface area contributed by atoms with Crippen molar-refractivity contribution in [3.8, 4) is 0 Å². The number of carbonyl (C=O) groups is 1.